The average molecular weight is 232 g/mol. The van der Waals surface area contributed by atoms with Crippen molar-refractivity contribution in [2.45, 2.75) is 64.0 Å². The molecule has 0 aliphatic heterocycles. The van der Waals surface area contributed by atoms with Crippen LogP contribution >= 0.6 is 0 Å². The fourth-order valence-electron chi connectivity index (χ4n) is 3.75. The molecule has 1 aromatic heterocycles. The predicted molar refractivity (Wildman–Crippen MR) is 71.0 cm³/mol. The second kappa shape index (κ2) is 4.49. The molecule has 0 amide bonds. The first kappa shape index (κ1) is 11.3. The van der Waals surface area contributed by atoms with Crippen LogP contribution in [0.3, 0.4) is 0 Å². The van der Waals surface area contributed by atoms with E-state index < -0.39 is 0 Å². The molecule has 3 atom stereocenters. The van der Waals surface area contributed by atoms with Crippen molar-refractivity contribution in [3.8, 4) is 0 Å². The summed E-state index contributed by atoms with van der Waals surface area (Å²) in [5, 5.41) is 0. The number of hydrogen-bond acceptors (Lipinski definition) is 1. The van der Waals surface area contributed by atoms with E-state index in [1.54, 1.807) is 5.69 Å². The summed E-state index contributed by atoms with van der Waals surface area (Å²) >= 11 is 0. The standard InChI is InChI=1S/C15H24N2/c1-11-4-2-5-12(10-11)17-9-8-13-14(16)6-3-7-15(13)17/h8-9,11-12,14H,2-7,10,16H2,1H3. The van der Waals surface area contributed by atoms with E-state index in [4.69, 9.17) is 5.73 Å². The molecule has 1 fully saturated rings. The third kappa shape index (κ3) is 2.03. The highest BCUT2D eigenvalue weighted by molar-refractivity contribution is 5.29. The quantitative estimate of drug-likeness (QED) is 0.788. The van der Waals surface area contributed by atoms with Gasteiger partial charge < -0.3 is 10.3 Å². The van der Waals surface area contributed by atoms with E-state index in [-0.39, 0.29) is 0 Å². The zero-order valence-corrected chi connectivity index (χ0v) is 10.9. The maximum atomic E-state index is 6.20. The summed E-state index contributed by atoms with van der Waals surface area (Å²) in [5.41, 5.74) is 9.17. The molecule has 2 heteroatoms. The molecule has 0 bridgehead atoms. The van der Waals surface area contributed by atoms with Gasteiger partial charge in [0.25, 0.3) is 0 Å². The maximum absolute atomic E-state index is 6.20. The second-order valence-corrected chi connectivity index (χ2v) is 6.05. The van der Waals surface area contributed by atoms with Crippen molar-refractivity contribution in [2.24, 2.45) is 11.7 Å². The van der Waals surface area contributed by atoms with E-state index >= 15 is 0 Å². The van der Waals surface area contributed by atoms with Gasteiger partial charge in [0.1, 0.15) is 0 Å². The first-order chi connectivity index (χ1) is 8.25. The van der Waals surface area contributed by atoms with Gasteiger partial charge in [-0.3, -0.25) is 0 Å². The van der Waals surface area contributed by atoms with Crippen LogP contribution in [0.25, 0.3) is 0 Å². The fraction of sp³-hybridized carbons (Fsp3) is 0.733. The molecule has 94 valence electrons. The molecule has 2 nitrogen and oxygen atoms in total. The Kier molecular flexibility index (Phi) is 2.99. The summed E-state index contributed by atoms with van der Waals surface area (Å²) < 4.78 is 2.56. The van der Waals surface area contributed by atoms with Crippen LogP contribution in [-0.2, 0) is 6.42 Å². The van der Waals surface area contributed by atoms with Crippen molar-refractivity contribution < 1.29 is 0 Å². The second-order valence-electron chi connectivity index (χ2n) is 6.05. The third-order valence-electron chi connectivity index (χ3n) is 4.69. The Bertz CT molecular complexity index is 394. The Hall–Kier alpha value is -0.760. The smallest absolute Gasteiger partial charge is 0.0336 e. The lowest BCUT2D eigenvalue weighted by Crippen LogP contribution is -2.22. The molecule has 1 aromatic rings. The summed E-state index contributed by atoms with van der Waals surface area (Å²) in [5.74, 6) is 0.893. The van der Waals surface area contributed by atoms with Gasteiger partial charge in [-0.2, -0.15) is 0 Å². The van der Waals surface area contributed by atoms with E-state index in [1.807, 2.05) is 0 Å². The van der Waals surface area contributed by atoms with Crippen molar-refractivity contribution in [1.29, 1.82) is 0 Å². The summed E-state index contributed by atoms with van der Waals surface area (Å²) in [6.45, 7) is 2.40. The van der Waals surface area contributed by atoms with Gasteiger partial charge in [-0.15, -0.1) is 0 Å². The summed E-state index contributed by atoms with van der Waals surface area (Å²) in [6.07, 6.45) is 11.5. The van der Waals surface area contributed by atoms with E-state index in [9.17, 15) is 0 Å². The monoisotopic (exact) mass is 232 g/mol. The molecular formula is C15H24N2. The molecule has 0 saturated heterocycles. The lowest BCUT2D eigenvalue weighted by atomic mass is 9.86. The Morgan fingerprint density at radius 2 is 2.12 bits per heavy atom. The molecule has 0 spiro atoms. The minimum absolute atomic E-state index is 0.293. The first-order valence-corrected chi connectivity index (χ1v) is 7.21. The molecule has 2 aliphatic rings. The Balaban J connectivity index is 1.88. The van der Waals surface area contributed by atoms with Crippen molar-refractivity contribution in [3.05, 3.63) is 23.5 Å². The van der Waals surface area contributed by atoms with E-state index in [2.05, 4.69) is 23.8 Å². The van der Waals surface area contributed by atoms with Crippen LogP contribution in [0.4, 0.5) is 0 Å². The molecule has 17 heavy (non-hydrogen) atoms. The van der Waals surface area contributed by atoms with Crippen LogP contribution in [0, 0.1) is 5.92 Å². The Labute approximate surface area is 104 Å². The average Bonchev–Trinajstić information content (AvgIpc) is 2.74. The van der Waals surface area contributed by atoms with Gasteiger partial charge in [-0.05, 0) is 49.7 Å². The van der Waals surface area contributed by atoms with Crippen LogP contribution in [-0.4, -0.2) is 4.57 Å². The minimum Gasteiger partial charge on any atom is -0.348 e. The molecule has 1 saturated carbocycles. The van der Waals surface area contributed by atoms with Crippen molar-refractivity contribution >= 4 is 0 Å². The van der Waals surface area contributed by atoms with Gasteiger partial charge in [0.15, 0.2) is 0 Å². The maximum Gasteiger partial charge on any atom is 0.0336 e. The highest BCUT2D eigenvalue weighted by Gasteiger charge is 2.26. The Morgan fingerprint density at radius 3 is 2.94 bits per heavy atom. The summed E-state index contributed by atoms with van der Waals surface area (Å²) in [4.78, 5) is 0. The third-order valence-corrected chi connectivity index (χ3v) is 4.69. The zero-order chi connectivity index (χ0) is 11.8. The molecule has 1 heterocycles. The Morgan fingerprint density at radius 1 is 1.24 bits per heavy atom. The highest BCUT2D eigenvalue weighted by atomic mass is 15.0. The fourth-order valence-corrected chi connectivity index (χ4v) is 3.75. The van der Waals surface area contributed by atoms with Gasteiger partial charge in [0.2, 0.25) is 0 Å². The topological polar surface area (TPSA) is 30.9 Å². The van der Waals surface area contributed by atoms with Gasteiger partial charge in [0, 0.05) is 24.0 Å². The number of fused-ring (bicyclic) bond motifs is 1. The molecule has 0 aromatic carbocycles. The first-order valence-electron chi connectivity index (χ1n) is 7.21. The van der Waals surface area contributed by atoms with Gasteiger partial charge in [0.05, 0.1) is 0 Å². The number of hydrogen-bond donors (Lipinski definition) is 1. The molecular weight excluding hydrogens is 208 g/mol. The number of rotatable bonds is 1. The lowest BCUT2D eigenvalue weighted by Gasteiger charge is -2.31. The SMILES string of the molecule is CC1CCCC(n2ccc3c2CCCC3N)C1. The summed E-state index contributed by atoms with van der Waals surface area (Å²) in [7, 11) is 0. The van der Waals surface area contributed by atoms with Crippen LogP contribution in [0.15, 0.2) is 12.3 Å². The van der Waals surface area contributed by atoms with Crippen LogP contribution < -0.4 is 5.73 Å². The molecule has 3 unspecified atom stereocenters. The van der Waals surface area contributed by atoms with E-state index in [1.165, 1.54) is 44.1 Å². The van der Waals surface area contributed by atoms with Crippen LogP contribution in [0.1, 0.15) is 68.8 Å². The number of nitrogens with zero attached hydrogens (tertiary/aromatic N) is 1. The highest BCUT2D eigenvalue weighted by Crippen LogP contribution is 2.37. The molecule has 2 N–H and O–H groups in total. The molecule has 2 aliphatic carbocycles. The van der Waals surface area contributed by atoms with Crippen molar-refractivity contribution in [2.75, 3.05) is 0 Å². The number of aromatic nitrogens is 1. The van der Waals surface area contributed by atoms with Crippen LogP contribution in [0.2, 0.25) is 0 Å². The van der Waals surface area contributed by atoms with E-state index in [0.717, 1.165) is 18.4 Å². The van der Waals surface area contributed by atoms with Gasteiger partial charge >= 0.3 is 0 Å². The predicted octanol–water partition coefficient (Wildman–Crippen LogP) is 3.58. The minimum atomic E-state index is 0.293. The van der Waals surface area contributed by atoms with Crippen molar-refractivity contribution in [3.63, 3.8) is 0 Å². The molecule has 3 rings (SSSR count). The van der Waals surface area contributed by atoms with E-state index in [0.29, 0.717) is 6.04 Å². The number of nitrogens with two attached hydrogens (primary N) is 1. The normalized spacial score (nSPS) is 33.4. The lowest BCUT2D eigenvalue weighted by molar-refractivity contribution is 0.277. The van der Waals surface area contributed by atoms with Gasteiger partial charge in [-0.1, -0.05) is 19.8 Å². The molecule has 0 radical (unpaired) electrons. The summed E-state index contributed by atoms with van der Waals surface area (Å²) in [6, 6.07) is 3.31. The van der Waals surface area contributed by atoms with Gasteiger partial charge in [-0.25, -0.2) is 0 Å². The zero-order valence-electron chi connectivity index (χ0n) is 10.9. The van der Waals surface area contributed by atoms with Crippen molar-refractivity contribution in [1.82, 2.24) is 4.57 Å². The van der Waals surface area contributed by atoms with Crippen LogP contribution in [0.5, 0.6) is 0 Å². The largest absolute Gasteiger partial charge is 0.348 e.